The minimum Gasteiger partial charge on any atom is -0.306 e. The largest absolute Gasteiger partial charge is 0.306 e. The zero-order valence-electron chi connectivity index (χ0n) is 16.3. The molecule has 32 heavy (non-hydrogen) atoms. The van der Waals surface area contributed by atoms with Crippen LogP contribution in [0.2, 0.25) is 5.02 Å². The van der Waals surface area contributed by atoms with Crippen LogP contribution in [0.3, 0.4) is 0 Å². The first-order valence-corrected chi connectivity index (χ1v) is 11.0. The first-order chi connectivity index (χ1) is 15.3. The lowest BCUT2D eigenvalue weighted by Crippen LogP contribution is -2.23. The number of aromatic nitrogens is 2. The number of hydrogen-bond acceptors (Lipinski definition) is 3. The first kappa shape index (κ1) is 22.0. The lowest BCUT2D eigenvalue weighted by Gasteiger charge is -2.13. The summed E-state index contributed by atoms with van der Waals surface area (Å²) in [6.45, 7) is 0. The average Bonchev–Trinajstić information content (AvgIpc) is 2.76. The Morgan fingerprint density at radius 2 is 1.62 bits per heavy atom. The Morgan fingerprint density at radius 3 is 2.25 bits per heavy atom. The summed E-state index contributed by atoms with van der Waals surface area (Å²) in [7, 11) is 0. The molecule has 4 rings (SSSR count). The molecule has 0 saturated heterocycles. The monoisotopic (exact) mass is 472 g/mol. The van der Waals surface area contributed by atoms with Gasteiger partial charge >= 0.3 is 0 Å². The summed E-state index contributed by atoms with van der Waals surface area (Å²) in [5.74, 6) is -1.09. The molecular weight excluding hydrogens is 458 g/mol. The molecule has 1 N–H and O–H groups in total. The number of rotatable bonds is 5. The Bertz CT molecular complexity index is 1370. The molecule has 9 heteroatoms. The molecule has 1 aromatic heterocycles. The summed E-state index contributed by atoms with van der Waals surface area (Å²) in [6.07, 6.45) is 1.48. The van der Waals surface area contributed by atoms with Gasteiger partial charge in [-0.15, -0.1) is 0 Å². The summed E-state index contributed by atoms with van der Waals surface area (Å²) >= 11 is 3.89. The molecule has 4 aromatic rings. The van der Waals surface area contributed by atoms with Crippen LogP contribution in [0, 0.1) is 11.6 Å². The van der Waals surface area contributed by atoms with Crippen LogP contribution in [-0.4, -0.2) is 18.5 Å². The third-order valence-electron chi connectivity index (χ3n) is 4.81. The SMILES string of the molecule is O=c1c(-c2ccc(F)cc2)c(-c2ccc(CS(=O)O)cc2)cnn1-c1ccc(F)c(Cl)c1. The highest BCUT2D eigenvalue weighted by atomic mass is 35.5. The van der Waals surface area contributed by atoms with Gasteiger partial charge in [0.2, 0.25) is 0 Å². The fourth-order valence-electron chi connectivity index (χ4n) is 3.29. The molecular formula is C23H15ClF2N2O3S. The highest BCUT2D eigenvalue weighted by Gasteiger charge is 2.17. The molecule has 0 bridgehead atoms. The summed E-state index contributed by atoms with van der Waals surface area (Å²) in [5.41, 5.74) is 2.29. The van der Waals surface area contributed by atoms with Gasteiger partial charge in [0, 0.05) is 5.56 Å². The molecule has 0 aliphatic rings. The van der Waals surface area contributed by atoms with Crippen LogP contribution in [0.4, 0.5) is 8.78 Å². The van der Waals surface area contributed by atoms with E-state index in [1.54, 1.807) is 24.3 Å². The second-order valence-electron chi connectivity index (χ2n) is 6.92. The molecule has 0 saturated carbocycles. The van der Waals surface area contributed by atoms with E-state index in [1.165, 1.54) is 42.6 Å². The van der Waals surface area contributed by atoms with Crippen molar-refractivity contribution in [1.82, 2.24) is 9.78 Å². The van der Waals surface area contributed by atoms with Gasteiger partial charge in [-0.2, -0.15) is 9.78 Å². The van der Waals surface area contributed by atoms with Crippen LogP contribution in [0.5, 0.6) is 0 Å². The van der Waals surface area contributed by atoms with E-state index in [2.05, 4.69) is 5.10 Å². The van der Waals surface area contributed by atoms with E-state index < -0.39 is 28.3 Å². The molecule has 0 spiro atoms. The summed E-state index contributed by atoms with van der Waals surface area (Å²) in [4.78, 5) is 13.5. The van der Waals surface area contributed by atoms with Crippen LogP contribution in [0.15, 0.2) is 77.7 Å². The third kappa shape index (κ3) is 4.52. The first-order valence-electron chi connectivity index (χ1n) is 9.34. The Labute approximate surface area is 189 Å². The standard InChI is InChI=1S/C23H15ClF2N2O3S/c24-20-11-18(9-10-21(20)26)28-23(29)22(16-5-7-17(25)8-6-16)19(12-27-28)15-3-1-14(2-4-15)13-32(30)31/h1-12H,13H2,(H,30,31). The van der Waals surface area contributed by atoms with E-state index in [0.29, 0.717) is 22.3 Å². The van der Waals surface area contributed by atoms with Crippen molar-refractivity contribution < 1.29 is 17.5 Å². The predicted octanol–water partition coefficient (Wildman–Crippen LogP) is 5.22. The second-order valence-corrected chi connectivity index (χ2v) is 8.26. The van der Waals surface area contributed by atoms with Gasteiger partial charge in [0.25, 0.3) is 5.56 Å². The zero-order valence-corrected chi connectivity index (χ0v) is 17.9. The number of nitrogens with zero attached hydrogens (tertiary/aromatic N) is 2. The number of halogens is 3. The Balaban J connectivity index is 1.91. The van der Waals surface area contributed by atoms with Crippen molar-refractivity contribution >= 4 is 22.7 Å². The van der Waals surface area contributed by atoms with Gasteiger partial charge in [0.1, 0.15) is 11.6 Å². The van der Waals surface area contributed by atoms with Crippen LogP contribution in [0.1, 0.15) is 5.56 Å². The maximum absolute atomic E-state index is 13.6. The van der Waals surface area contributed by atoms with Gasteiger partial charge in [-0.3, -0.25) is 4.79 Å². The minimum atomic E-state index is -1.97. The molecule has 0 amide bonds. The normalized spacial score (nSPS) is 12.0. The summed E-state index contributed by atoms with van der Waals surface area (Å²) < 4.78 is 48.3. The van der Waals surface area contributed by atoms with Gasteiger partial charge in [0.05, 0.1) is 28.2 Å². The van der Waals surface area contributed by atoms with Crippen molar-refractivity contribution in [3.63, 3.8) is 0 Å². The fourth-order valence-corrected chi connectivity index (χ4v) is 3.94. The lowest BCUT2D eigenvalue weighted by molar-refractivity contribution is 0.563. The number of hydrogen-bond donors (Lipinski definition) is 1. The van der Waals surface area contributed by atoms with E-state index in [4.69, 9.17) is 16.2 Å². The molecule has 5 nitrogen and oxygen atoms in total. The second kappa shape index (κ2) is 9.12. The maximum atomic E-state index is 13.6. The molecule has 0 radical (unpaired) electrons. The summed E-state index contributed by atoms with van der Waals surface area (Å²) in [6, 6.07) is 16.1. The molecule has 1 heterocycles. The van der Waals surface area contributed by atoms with Gasteiger partial charge < -0.3 is 4.55 Å². The van der Waals surface area contributed by atoms with E-state index in [0.717, 1.165) is 10.7 Å². The zero-order chi connectivity index (χ0) is 22.8. The van der Waals surface area contributed by atoms with E-state index in [1.807, 2.05) is 0 Å². The molecule has 1 atom stereocenters. The minimum absolute atomic E-state index is 0.0176. The predicted molar refractivity (Wildman–Crippen MR) is 120 cm³/mol. The van der Waals surface area contributed by atoms with Crippen molar-refractivity contribution in [3.8, 4) is 27.9 Å². The molecule has 162 valence electrons. The molecule has 1 unspecified atom stereocenters. The molecule has 0 aliphatic carbocycles. The van der Waals surface area contributed by atoms with E-state index in [-0.39, 0.29) is 22.0 Å². The fraction of sp³-hybridized carbons (Fsp3) is 0.0435. The van der Waals surface area contributed by atoms with E-state index in [9.17, 15) is 17.8 Å². The highest BCUT2D eigenvalue weighted by molar-refractivity contribution is 7.78. The van der Waals surface area contributed by atoms with Gasteiger partial charge in [0.15, 0.2) is 11.1 Å². The van der Waals surface area contributed by atoms with Crippen molar-refractivity contribution in [2.24, 2.45) is 0 Å². The number of benzene rings is 3. The molecule has 0 aliphatic heterocycles. The van der Waals surface area contributed by atoms with Crippen molar-refractivity contribution in [2.45, 2.75) is 5.75 Å². The average molecular weight is 473 g/mol. The van der Waals surface area contributed by atoms with Crippen LogP contribution < -0.4 is 5.56 Å². The quantitative estimate of drug-likeness (QED) is 0.404. The Morgan fingerprint density at radius 1 is 0.969 bits per heavy atom. The van der Waals surface area contributed by atoms with Crippen LogP contribution in [-0.2, 0) is 16.8 Å². The van der Waals surface area contributed by atoms with Crippen molar-refractivity contribution in [2.75, 3.05) is 0 Å². The lowest BCUT2D eigenvalue weighted by atomic mass is 9.96. The van der Waals surface area contributed by atoms with Gasteiger partial charge in [-0.05, 0) is 47.0 Å². The Kier molecular flexibility index (Phi) is 6.27. The summed E-state index contributed by atoms with van der Waals surface area (Å²) in [5, 5.41) is 4.08. The topological polar surface area (TPSA) is 72.2 Å². The highest BCUT2D eigenvalue weighted by Crippen LogP contribution is 2.30. The molecule has 3 aromatic carbocycles. The van der Waals surface area contributed by atoms with Gasteiger partial charge in [-0.25, -0.2) is 13.0 Å². The van der Waals surface area contributed by atoms with Gasteiger partial charge in [-0.1, -0.05) is 48.0 Å². The maximum Gasteiger partial charge on any atom is 0.279 e. The van der Waals surface area contributed by atoms with Crippen molar-refractivity contribution in [3.05, 3.63) is 106 Å². The smallest absolute Gasteiger partial charge is 0.279 e. The van der Waals surface area contributed by atoms with Crippen LogP contribution >= 0.6 is 11.6 Å². The van der Waals surface area contributed by atoms with Crippen LogP contribution in [0.25, 0.3) is 27.9 Å². The van der Waals surface area contributed by atoms with Crippen molar-refractivity contribution in [1.29, 1.82) is 0 Å². The molecule has 0 fully saturated rings. The third-order valence-corrected chi connectivity index (χ3v) is 5.68. The van der Waals surface area contributed by atoms with E-state index >= 15 is 0 Å². The Hall–Kier alpha value is -3.20.